The fourth-order valence-electron chi connectivity index (χ4n) is 2.82. The Labute approximate surface area is 138 Å². The highest BCUT2D eigenvalue weighted by Crippen LogP contribution is 2.58. The van der Waals surface area contributed by atoms with Crippen molar-refractivity contribution in [3.05, 3.63) is 33.1 Å². The van der Waals surface area contributed by atoms with Crippen molar-refractivity contribution < 1.29 is 22.9 Å². The Bertz CT molecular complexity index is 760. The van der Waals surface area contributed by atoms with Crippen molar-refractivity contribution in [3.63, 3.8) is 0 Å². The van der Waals surface area contributed by atoms with Gasteiger partial charge in [-0.2, -0.15) is 0 Å². The maximum absolute atomic E-state index is 12.6. The van der Waals surface area contributed by atoms with Crippen molar-refractivity contribution >= 4 is 7.82 Å². The van der Waals surface area contributed by atoms with Gasteiger partial charge in [0.1, 0.15) is 18.4 Å². The van der Waals surface area contributed by atoms with Gasteiger partial charge in [0.05, 0.1) is 12.7 Å². The largest absolute Gasteiger partial charge is 0.475 e. The van der Waals surface area contributed by atoms with E-state index in [1.54, 1.807) is 6.92 Å². The standard InChI is InChI=1S/C14H21N2O7P/c1-4-8(2)22-24(19)20-7-10-12(23-24)9(3)13(21-10)16-6-5-11(17)15-14(16)18/h5-6,8-10,12-13H,4,7H2,1-3H3,(H,15,17,18)/t8-,9-,10+,12-,13+,24+/m0/s1. The molecule has 10 heteroatoms. The molecular formula is C14H21N2O7P. The van der Waals surface area contributed by atoms with Crippen molar-refractivity contribution in [3.8, 4) is 0 Å². The average molecular weight is 360 g/mol. The average Bonchev–Trinajstić information content (AvgIpc) is 2.83. The minimum Gasteiger partial charge on any atom is -0.349 e. The van der Waals surface area contributed by atoms with Crippen LogP contribution in [0.3, 0.4) is 0 Å². The van der Waals surface area contributed by atoms with Crippen LogP contribution < -0.4 is 11.2 Å². The summed E-state index contributed by atoms with van der Waals surface area (Å²) in [6, 6.07) is 1.24. The molecule has 2 saturated heterocycles. The molecule has 0 saturated carbocycles. The van der Waals surface area contributed by atoms with E-state index >= 15 is 0 Å². The number of hydrogen-bond acceptors (Lipinski definition) is 7. The number of H-pyrrole nitrogens is 1. The van der Waals surface area contributed by atoms with Crippen LogP contribution in [0.5, 0.6) is 0 Å². The third-order valence-corrected chi connectivity index (χ3v) is 5.89. The minimum absolute atomic E-state index is 0.0529. The summed E-state index contributed by atoms with van der Waals surface area (Å²) < 4.78 is 36.0. The zero-order valence-corrected chi connectivity index (χ0v) is 14.6. The molecule has 9 nitrogen and oxygen atoms in total. The molecule has 3 heterocycles. The molecule has 0 spiro atoms. The Kier molecular flexibility index (Phi) is 4.81. The summed E-state index contributed by atoms with van der Waals surface area (Å²) in [5.41, 5.74) is -1.05. The van der Waals surface area contributed by atoms with Gasteiger partial charge >= 0.3 is 13.5 Å². The summed E-state index contributed by atoms with van der Waals surface area (Å²) in [7, 11) is -3.66. The molecule has 1 N–H and O–H groups in total. The fraction of sp³-hybridized carbons (Fsp3) is 0.714. The van der Waals surface area contributed by atoms with Crippen molar-refractivity contribution in [1.29, 1.82) is 0 Å². The number of nitrogens with zero attached hydrogens (tertiary/aromatic N) is 1. The van der Waals surface area contributed by atoms with E-state index in [0.29, 0.717) is 6.42 Å². The predicted octanol–water partition coefficient (Wildman–Crippen LogP) is 1.41. The maximum Gasteiger partial charge on any atom is 0.475 e. The lowest BCUT2D eigenvalue weighted by Gasteiger charge is -2.32. The van der Waals surface area contributed by atoms with E-state index in [1.165, 1.54) is 16.8 Å². The van der Waals surface area contributed by atoms with Gasteiger partial charge in [0.2, 0.25) is 0 Å². The molecule has 1 aromatic rings. The van der Waals surface area contributed by atoms with Crippen LogP contribution in [0.2, 0.25) is 0 Å². The Morgan fingerprint density at radius 1 is 1.50 bits per heavy atom. The molecule has 0 unspecified atom stereocenters. The van der Waals surface area contributed by atoms with Crippen LogP contribution in [0.1, 0.15) is 33.4 Å². The second-order valence-corrected chi connectivity index (χ2v) is 7.65. The van der Waals surface area contributed by atoms with Gasteiger partial charge in [0.15, 0.2) is 0 Å². The molecule has 2 fully saturated rings. The Balaban J connectivity index is 1.80. The van der Waals surface area contributed by atoms with Gasteiger partial charge in [-0.15, -0.1) is 0 Å². The lowest BCUT2D eigenvalue weighted by Crippen LogP contribution is -2.37. The minimum atomic E-state index is -3.66. The van der Waals surface area contributed by atoms with Gasteiger partial charge in [-0.05, 0) is 13.3 Å². The van der Waals surface area contributed by atoms with E-state index in [4.69, 9.17) is 18.3 Å². The molecule has 0 radical (unpaired) electrons. The van der Waals surface area contributed by atoms with Crippen LogP contribution in [-0.4, -0.2) is 34.5 Å². The van der Waals surface area contributed by atoms with E-state index in [9.17, 15) is 14.2 Å². The molecule has 24 heavy (non-hydrogen) atoms. The van der Waals surface area contributed by atoms with E-state index in [0.717, 1.165) is 0 Å². The van der Waals surface area contributed by atoms with Gasteiger partial charge in [-0.25, -0.2) is 9.36 Å². The quantitative estimate of drug-likeness (QED) is 0.809. The number of phosphoric acid groups is 1. The molecule has 1 aromatic heterocycles. The van der Waals surface area contributed by atoms with Gasteiger partial charge in [0, 0.05) is 18.2 Å². The van der Waals surface area contributed by atoms with Crippen LogP contribution in [0, 0.1) is 5.92 Å². The smallest absolute Gasteiger partial charge is 0.349 e. The predicted molar refractivity (Wildman–Crippen MR) is 83.7 cm³/mol. The van der Waals surface area contributed by atoms with Gasteiger partial charge in [0.25, 0.3) is 5.56 Å². The number of aromatic amines is 1. The SMILES string of the molecule is CC[C@H](C)O[P@@]1(=O)OC[C@H]2O[C@@H](n3ccc(=O)[nH]c3=O)[C@@H](C)[C@@H]2O1. The maximum atomic E-state index is 12.6. The van der Waals surface area contributed by atoms with Crippen molar-refractivity contribution in [1.82, 2.24) is 9.55 Å². The van der Waals surface area contributed by atoms with Crippen LogP contribution in [-0.2, 0) is 22.9 Å². The molecule has 0 amide bonds. The van der Waals surface area contributed by atoms with Gasteiger partial charge in [-0.3, -0.25) is 27.9 Å². The van der Waals surface area contributed by atoms with Crippen LogP contribution in [0.4, 0.5) is 0 Å². The summed E-state index contributed by atoms with van der Waals surface area (Å²) in [6.45, 7) is 5.57. The van der Waals surface area contributed by atoms with E-state index in [1.807, 2.05) is 13.8 Å². The number of aromatic nitrogens is 2. The number of phosphoric ester groups is 1. The molecule has 2 aliphatic heterocycles. The highest BCUT2D eigenvalue weighted by atomic mass is 31.2. The van der Waals surface area contributed by atoms with Crippen LogP contribution in [0.15, 0.2) is 21.9 Å². The first-order valence-electron chi connectivity index (χ1n) is 7.91. The Hall–Kier alpha value is -1.25. The lowest BCUT2D eigenvalue weighted by atomic mass is 10.0. The summed E-state index contributed by atoms with van der Waals surface area (Å²) in [6.07, 6.45) is 0.136. The second kappa shape index (κ2) is 6.57. The van der Waals surface area contributed by atoms with Gasteiger partial charge in [-0.1, -0.05) is 13.8 Å². The number of rotatable bonds is 4. The fourth-order valence-corrected chi connectivity index (χ4v) is 4.54. The van der Waals surface area contributed by atoms with Crippen LogP contribution in [0.25, 0.3) is 0 Å². The molecule has 3 rings (SSSR count). The zero-order valence-electron chi connectivity index (χ0n) is 13.7. The van der Waals surface area contributed by atoms with Crippen molar-refractivity contribution in [2.75, 3.05) is 6.61 Å². The first kappa shape index (κ1) is 17.6. The number of ether oxygens (including phenoxy) is 1. The molecule has 0 bridgehead atoms. The molecule has 0 aromatic carbocycles. The third-order valence-electron chi connectivity index (χ3n) is 4.31. The number of fused-ring (bicyclic) bond motifs is 1. The second-order valence-electron chi connectivity index (χ2n) is 6.08. The summed E-state index contributed by atoms with van der Waals surface area (Å²) >= 11 is 0. The third kappa shape index (κ3) is 3.27. The highest BCUT2D eigenvalue weighted by molar-refractivity contribution is 7.48. The lowest BCUT2D eigenvalue weighted by molar-refractivity contribution is -0.0756. The van der Waals surface area contributed by atoms with Crippen molar-refractivity contribution in [2.45, 2.75) is 51.7 Å². The molecule has 6 atom stereocenters. The van der Waals surface area contributed by atoms with E-state index < -0.39 is 37.5 Å². The van der Waals surface area contributed by atoms with Crippen molar-refractivity contribution in [2.24, 2.45) is 5.92 Å². The summed E-state index contributed by atoms with van der Waals surface area (Å²) in [5, 5.41) is 0. The number of hydrogen-bond donors (Lipinski definition) is 1. The molecule has 134 valence electrons. The Morgan fingerprint density at radius 3 is 2.92 bits per heavy atom. The zero-order chi connectivity index (χ0) is 17.5. The number of nitrogens with one attached hydrogen (secondary N) is 1. The molecular weight excluding hydrogens is 339 g/mol. The summed E-state index contributed by atoms with van der Waals surface area (Å²) in [5.74, 6) is -0.281. The normalized spacial score (nSPS) is 37.1. The monoisotopic (exact) mass is 360 g/mol. The first-order valence-corrected chi connectivity index (χ1v) is 9.37. The topological polar surface area (TPSA) is 109 Å². The van der Waals surface area contributed by atoms with E-state index in [-0.39, 0.29) is 18.6 Å². The van der Waals surface area contributed by atoms with Crippen LogP contribution >= 0.6 is 7.82 Å². The molecule has 2 aliphatic rings. The Morgan fingerprint density at radius 2 is 2.25 bits per heavy atom. The first-order chi connectivity index (χ1) is 11.3. The molecule has 0 aliphatic carbocycles. The summed E-state index contributed by atoms with van der Waals surface area (Å²) in [4.78, 5) is 25.4. The van der Waals surface area contributed by atoms with E-state index in [2.05, 4.69) is 4.98 Å². The van der Waals surface area contributed by atoms with Gasteiger partial charge < -0.3 is 4.74 Å². The highest BCUT2D eigenvalue weighted by Gasteiger charge is 2.52.